The van der Waals surface area contributed by atoms with Gasteiger partial charge < -0.3 is 83.8 Å². The Labute approximate surface area is 417 Å². The highest BCUT2D eigenvalue weighted by Gasteiger charge is 2.55. The molecule has 1 aliphatic heterocycles. The molecule has 1 aliphatic rings. The van der Waals surface area contributed by atoms with E-state index < -0.39 is 121 Å². The number of ether oxygens (including phenoxy) is 11. The predicted octanol–water partition coefficient (Wildman–Crippen LogP) is -0.207. The van der Waals surface area contributed by atoms with E-state index in [2.05, 4.69) is 26.6 Å². The zero-order valence-electron chi connectivity index (χ0n) is 42.4. The van der Waals surface area contributed by atoms with E-state index in [9.17, 15) is 48.3 Å². The molecule has 26 heteroatoms. The molecule has 7 atom stereocenters. The Kier molecular flexibility index (Phi) is 27.7. The monoisotopic (exact) mass is 1030 g/mol. The third-order valence-electron chi connectivity index (χ3n) is 9.56. The van der Waals surface area contributed by atoms with Gasteiger partial charge in [-0.15, -0.1) is 0 Å². The molecule has 2 rings (SSSR count). The lowest BCUT2D eigenvalue weighted by molar-refractivity contribution is -0.302. The zero-order valence-corrected chi connectivity index (χ0v) is 42.4. The summed E-state index contributed by atoms with van der Waals surface area (Å²) in [6, 6.07) is 1.23. The number of benzene rings is 1. The van der Waals surface area contributed by atoms with Gasteiger partial charge in [-0.3, -0.25) is 33.6 Å². The van der Waals surface area contributed by atoms with Crippen LogP contribution in [-0.2, 0) is 92.3 Å². The van der Waals surface area contributed by atoms with Gasteiger partial charge in [0.15, 0.2) is 30.7 Å². The van der Waals surface area contributed by atoms with Gasteiger partial charge in [-0.05, 0) is 44.4 Å². The molecule has 5 amide bonds. The molecule has 6 N–H and O–H groups in total. The molecule has 0 radical (unpaired) electrons. The van der Waals surface area contributed by atoms with Gasteiger partial charge in [0, 0.05) is 52.0 Å². The minimum atomic E-state index is -1.85. The number of amides is 5. The number of anilines is 1. The number of carbonyl (C=O) groups is 9. The molecule has 0 spiro atoms. The van der Waals surface area contributed by atoms with E-state index in [0.717, 1.165) is 27.9 Å². The third-order valence-corrected chi connectivity index (χ3v) is 9.56. The SMILES string of the molecule is COC(=O)[C@H]1O[C@@H](OC[C@H](NC(=O)[C@@H](NC(C)=O)C(C)C)C(=O)Nc2ccc(CO)c(C(=O)NCCOCCOCCOCCOCCNC(=O)OC(C)(C)C)c2)[C@H](OC(C)=O)[C@@H](OC(C)=O)[C@@H]1OC(C)=O. The van der Waals surface area contributed by atoms with Crippen molar-refractivity contribution < 1.29 is 100 Å². The number of nitrogens with one attached hydrogen (secondary N) is 5. The maximum Gasteiger partial charge on any atom is 0.407 e. The predicted molar refractivity (Wildman–Crippen MR) is 249 cm³/mol. The summed E-state index contributed by atoms with van der Waals surface area (Å²) >= 11 is 0. The summed E-state index contributed by atoms with van der Waals surface area (Å²) in [5.41, 5.74) is -0.374. The number of rotatable bonds is 30. The molecule has 1 saturated heterocycles. The van der Waals surface area contributed by atoms with Gasteiger partial charge in [0.1, 0.15) is 17.7 Å². The van der Waals surface area contributed by atoms with Crippen molar-refractivity contribution >= 4 is 59.3 Å². The quantitative estimate of drug-likeness (QED) is 0.0330. The van der Waals surface area contributed by atoms with Crippen LogP contribution in [0, 0.1) is 5.92 Å². The van der Waals surface area contributed by atoms with Crippen molar-refractivity contribution in [3.05, 3.63) is 29.3 Å². The molecule has 1 aromatic carbocycles. The van der Waals surface area contributed by atoms with Crippen LogP contribution in [0.25, 0.3) is 0 Å². The van der Waals surface area contributed by atoms with Crippen molar-refractivity contribution in [2.45, 2.75) is 117 Å². The Morgan fingerprint density at radius 2 is 1.22 bits per heavy atom. The molecule has 0 bridgehead atoms. The molecule has 406 valence electrons. The van der Waals surface area contributed by atoms with Crippen LogP contribution in [0.15, 0.2) is 18.2 Å². The third kappa shape index (κ3) is 23.5. The van der Waals surface area contributed by atoms with E-state index in [1.165, 1.54) is 25.1 Å². The molecular formula is C46H71N5O21. The lowest BCUT2D eigenvalue weighted by Gasteiger charge is -2.43. The van der Waals surface area contributed by atoms with E-state index in [0.29, 0.717) is 39.6 Å². The van der Waals surface area contributed by atoms with Crippen LogP contribution in [0.1, 0.15) is 78.2 Å². The van der Waals surface area contributed by atoms with Crippen LogP contribution in [0.3, 0.4) is 0 Å². The highest BCUT2D eigenvalue weighted by atomic mass is 16.7. The van der Waals surface area contributed by atoms with Crippen LogP contribution in [0.4, 0.5) is 10.5 Å². The highest BCUT2D eigenvalue weighted by Crippen LogP contribution is 2.30. The second-order valence-electron chi connectivity index (χ2n) is 17.1. The minimum absolute atomic E-state index is 0.0172. The minimum Gasteiger partial charge on any atom is -0.467 e. The number of hydrogen-bond donors (Lipinski definition) is 6. The second kappa shape index (κ2) is 32.1. The van der Waals surface area contributed by atoms with E-state index in [1.807, 2.05) is 0 Å². The van der Waals surface area contributed by atoms with Crippen LogP contribution in [0.5, 0.6) is 0 Å². The first-order chi connectivity index (χ1) is 34.0. The van der Waals surface area contributed by atoms with Crippen LogP contribution in [-0.4, -0.2) is 187 Å². The summed E-state index contributed by atoms with van der Waals surface area (Å²) in [7, 11) is 0.997. The summed E-state index contributed by atoms with van der Waals surface area (Å²) in [5.74, 6) is -7.38. The number of carbonyl (C=O) groups excluding carboxylic acids is 9. The summed E-state index contributed by atoms with van der Waals surface area (Å²) < 4.78 is 59.6. The van der Waals surface area contributed by atoms with Crippen molar-refractivity contribution in [1.82, 2.24) is 21.3 Å². The normalized spacial score (nSPS) is 18.4. The Morgan fingerprint density at radius 3 is 1.72 bits per heavy atom. The van der Waals surface area contributed by atoms with Gasteiger partial charge in [0.2, 0.25) is 17.7 Å². The number of aliphatic hydroxyl groups excluding tert-OH is 1. The lowest BCUT2D eigenvalue weighted by atomic mass is 9.97. The number of esters is 4. The van der Waals surface area contributed by atoms with Gasteiger partial charge in [0.05, 0.1) is 73.2 Å². The molecule has 0 aromatic heterocycles. The van der Waals surface area contributed by atoms with Crippen LogP contribution < -0.4 is 26.6 Å². The molecule has 1 fully saturated rings. The Bertz CT molecular complexity index is 1960. The van der Waals surface area contributed by atoms with E-state index in [-0.39, 0.29) is 43.2 Å². The Hall–Kier alpha value is -6.03. The average Bonchev–Trinajstić information content (AvgIpc) is 3.29. The fourth-order valence-corrected chi connectivity index (χ4v) is 6.47. The lowest BCUT2D eigenvalue weighted by Crippen LogP contribution is -2.64. The molecule has 0 saturated carbocycles. The van der Waals surface area contributed by atoms with Crippen molar-refractivity contribution in [2.24, 2.45) is 5.92 Å². The molecule has 26 nitrogen and oxygen atoms in total. The van der Waals surface area contributed by atoms with Gasteiger partial charge in [-0.2, -0.15) is 0 Å². The molecular weight excluding hydrogens is 959 g/mol. The standard InChI is InChI=1S/C46H71N5O21/c1-26(2)35(49-27(3)53)42(59)51-34(25-67-44-39(70-30(6)56)37(69-29(5)55)36(68-28(4)54)38(71-44)43(60)62-10)41(58)50-32-12-11-31(24-52)33(23-32)40(57)47-13-15-63-17-19-65-21-22-66-20-18-64-16-14-48-45(61)72-46(7,8)9/h11-12,23,26,34-39,44,52H,13-22,24-25H2,1-10H3,(H,47,57)(H,48,61)(H,49,53)(H,50,58)(H,51,59)/t34-,35-,36-,37-,38-,39+,44+/m0/s1. The zero-order chi connectivity index (χ0) is 54.0. The van der Waals surface area contributed by atoms with E-state index in [4.69, 9.17) is 52.1 Å². The maximum atomic E-state index is 14.1. The molecule has 0 unspecified atom stereocenters. The number of hydrogen-bond acceptors (Lipinski definition) is 21. The second-order valence-corrected chi connectivity index (χ2v) is 17.1. The van der Waals surface area contributed by atoms with Gasteiger partial charge in [-0.25, -0.2) is 9.59 Å². The number of methoxy groups -OCH3 is 1. The average molecular weight is 1030 g/mol. The van der Waals surface area contributed by atoms with Crippen molar-refractivity contribution in [3.8, 4) is 0 Å². The van der Waals surface area contributed by atoms with Crippen molar-refractivity contribution in [3.63, 3.8) is 0 Å². The summed E-state index contributed by atoms with van der Waals surface area (Å²) in [6.07, 6.45) is -9.36. The topological polar surface area (TPSA) is 336 Å². The largest absolute Gasteiger partial charge is 0.467 e. The molecule has 0 aliphatic carbocycles. The first-order valence-electron chi connectivity index (χ1n) is 23.0. The molecule has 1 heterocycles. The Balaban J connectivity index is 2.11. The fourth-order valence-electron chi connectivity index (χ4n) is 6.47. The highest BCUT2D eigenvalue weighted by molar-refractivity contribution is 6.01. The smallest absolute Gasteiger partial charge is 0.407 e. The first kappa shape index (κ1) is 62.1. The summed E-state index contributed by atoms with van der Waals surface area (Å²) in [6.45, 7) is 13.9. The van der Waals surface area contributed by atoms with E-state index >= 15 is 0 Å². The molecule has 72 heavy (non-hydrogen) atoms. The summed E-state index contributed by atoms with van der Waals surface area (Å²) in [4.78, 5) is 114. The van der Waals surface area contributed by atoms with Crippen molar-refractivity contribution in [1.29, 1.82) is 0 Å². The van der Waals surface area contributed by atoms with Crippen molar-refractivity contribution in [2.75, 3.05) is 85.0 Å². The van der Waals surface area contributed by atoms with Gasteiger partial charge >= 0.3 is 30.0 Å². The van der Waals surface area contributed by atoms with E-state index in [1.54, 1.807) is 34.6 Å². The van der Waals surface area contributed by atoms with Gasteiger partial charge in [0.25, 0.3) is 5.91 Å². The first-order valence-corrected chi connectivity index (χ1v) is 23.0. The fraction of sp³-hybridized carbons (Fsp3) is 0.674. The van der Waals surface area contributed by atoms with Gasteiger partial charge in [-0.1, -0.05) is 19.9 Å². The number of aliphatic hydroxyl groups is 1. The van der Waals surface area contributed by atoms with Crippen LogP contribution >= 0.6 is 0 Å². The van der Waals surface area contributed by atoms with Crippen LogP contribution in [0.2, 0.25) is 0 Å². The molecule has 1 aromatic rings. The summed E-state index contributed by atoms with van der Waals surface area (Å²) in [5, 5.41) is 22.9. The Morgan fingerprint density at radius 1 is 0.694 bits per heavy atom. The number of alkyl carbamates (subject to hydrolysis) is 1. The maximum absolute atomic E-state index is 14.1.